The van der Waals surface area contributed by atoms with Gasteiger partial charge in [-0.05, 0) is 43.9 Å². The van der Waals surface area contributed by atoms with Crippen molar-refractivity contribution in [3.05, 3.63) is 30.1 Å². The summed E-state index contributed by atoms with van der Waals surface area (Å²) in [6, 6.07) is 6.11. The van der Waals surface area contributed by atoms with Crippen LogP contribution in [0.25, 0.3) is 0 Å². The van der Waals surface area contributed by atoms with Gasteiger partial charge in [0.1, 0.15) is 5.82 Å². The number of hydrogen-bond acceptors (Lipinski definition) is 3. The first-order chi connectivity index (χ1) is 12.0. The predicted octanol–water partition coefficient (Wildman–Crippen LogP) is 1.70. The largest absolute Gasteiger partial charge is 0.369 e. The summed E-state index contributed by atoms with van der Waals surface area (Å²) in [5, 5.41) is 3.11. The normalized spacial score (nSPS) is 24.0. The zero-order chi connectivity index (χ0) is 17.8. The van der Waals surface area contributed by atoms with Gasteiger partial charge in [0.2, 0.25) is 5.91 Å². The molecule has 2 fully saturated rings. The SMILES string of the molecule is NC(=O)N1CCC[C@@H](C(=O)N[C@H]2CCCN(c3cccc(F)c3)C2)C1. The molecule has 25 heavy (non-hydrogen) atoms. The van der Waals surface area contributed by atoms with E-state index in [1.807, 2.05) is 6.07 Å². The fraction of sp³-hybridized carbons (Fsp3) is 0.556. The van der Waals surface area contributed by atoms with E-state index in [1.165, 1.54) is 17.0 Å². The summed E-state index contributed by atoms with van der Waals surface area (Å²) in [6.07, 6.45) is 3.42. The topological polar surface area (TPSA) is 78.7 Å². The number of urea groups is 1. The highest BCUT2D eigenvalue weighted by atomic mass is 19.1. The summed E-state index contributed by atoms with van der Waals surface area (Å²) < 4.78 is 13.4. The molecule has 6 nitrogen and oxygen atoms in total. The molecule has 3 amide bonds. The minimum absolute atomic E-state index is 0.0166. The smallest absolute Gasteiger partial charge is 0.314 e. The van der Waals surface area contributed by atoms with Crippen molar-refractivity contribution in [3.63, 3.8) is 0 Å². The van der Waals surface area contributed by atoms with Gasteiger partial charge in [0.05, 0.1) is 5.92 Å². The number of anilines is 1. The summed E-state index contributed by atoms with van der Waals surface area (Å²) in [6.45, 7) is 2.54. The number of nitrogens with one attached hydrogen (secondary N) is 1. The monoisotopic (exact) mass is 348 g/mol. The van der Waals surface area contributed by atoms with Crippen molar-refractivity contribution in [2.24, 2.45) is 11.7 Å². The number of primary amides is 1. The molecule has 3 N–H and O–H groups in total. The van der Waals surface area contributed by atoms with Crippen LogP contribution >= 0.6 is 0 Å². The van der Waals surface area contributed by atoms with Crippen LogP contribution in [0.3, 0.4) is 0 Å². The van der Waals surface area contributed by atoms with Crippen molar-refractivity contribution in [1.29, 1.82) is 0 Å². The van der Waals surface area contributed by atoms with Crippen molar-refractivity contribution < 1.29 is 14.0 Å². The van der Waals surface area contributed by atoms with E-state index in [-0.39, 0.29) is 23.7 Å². The Morgan fingerprint density at radius 2 is 1.96 bits per heavy atom. The third-order valence-electron chi connectivity index (χ3n) is 5.04. The van der Waals surface area contributed by atoms with Gasteiger partial charge in [-0.1, -0.05) is 6.07 Å². The van der Waals surface area contributed by atoms with Gasteiger partial charge in [-0.15, -0.1) is 0 Å². The number of likely N-dealkylation sites (tertiary alicyclic amines) is 1. The molecular weight excluding hydrogens is 323 g/mol. The van der Waals surface area contributed by atoms with Gasteiger partial charge in [-0.25, -0.2) is 9.18 Å². The summed E-state index contributed by atoms with van der Waals surface area (Å²) in [5.74, 6) is -0.472. The first-order valence-electron chi connectivity index (χ1n) is 8.88. The van der Waals surface area contributed by atoms with Crippen molar-refractivity contribution in [1.82, 2.24) is 10.2 Å². The highest BCUT2D eigenvalue weighted by molar-refractivity contribution is 5.80. The molecule has 2 heterocycles. The summed E-state index contributed by atoms with van der Waals surface area (Å²) in [7, 11) is 0. The molecule has 2 aliphatic rings. The lowest BCUT2D eigenvalue weighted by atomic mass is 9.96. The Labute approximate surface area is 147 Å². The van der Waals surface area contributed by atoms with E-state index in [2.05, 4.69) is 10.2 Å². The van der Waals surface area contributed by atoms with Gasteiger partial charge in [-0.2, -0.15) is 0 Å². The molecular formula is C18H25FN4O2. The molecule has 1 aromatic rings. The van der Waals surface area contributed by atoms with E-state index in [0.717, 1.165) is 37.9 Å². The van der Waals surface area contributed by atoms with Crippen LogP contribution in [-0.2, 0) is 4.79 Å². The number of nitrogens with two attached hydrogens (primary N) is 1. The van der Waals surface area contributed by atoms with Gasteiger partial charge >= 0.3 is 6.03 Å². The maximum Gasteiger partial charge on any atom is 0.314 e. The van der Waals surface area contributed by atoms with Crippen molar-refractivity contribution in [2.75, 3.05) is 31.1 Å². The minimum atomic E-state index is -0.465. The Kier molecular flexibility index (Phi) is 5.40. The Balaban J connectivity index is 1.57. The zero-order valence-electron chi connectivity index (χ0n) is 14.3. The molecule has 0 radical (unpaired) electrons. The maximum atomic E-state index is 13.4. The highest BCUT2D eigenvalue weighted by Gasteiger charge is 2.30. The van der Waals surface area contributed by atoms with Crippen molar-refractivity contribution >= 4 is 17.6 Å². The minimum Gasteiger partial charge on any atom is -0.369 e. The van der Waals surface area contributed by atoms with Crippen LogP contribution in [0.2, 0.25) is 0 Å². The molecule has 0 aliphatic carbocycles. The first kappa shape index (κ1) is 17.5. The first-order valence-corrected chi connectivity index (χ1v) is 8.88. The van der Waals surface area contributed by atoms with Crippen LogP contribution in [0.5, 0.6) is 0 Å². The average molecular weight is 348 g/mol. The highest BCUT2D eigenvalue weighted by Crippen LogP contribution is 2.22. The van der Waals surface area contributed by atoms with Gasteiger partial charge < -0.3 is 20.9 Å². The van der Waals surface area contributed by atoms with E-state index in [0.29, 0.717) is 19.6 Å². The molecule has 2 saturated heterocycles. The molecule has 0 aromatic heterocycles. The van der Waals surface area contributed by atoms with Gasteiger partial charge in [-0.3, -0.25) is 4.79 Å². The number of amides is 3. The Bertz CT molecular complexity index is 639. The van der Waals surface area contributed by atoms with E-state index >= 15 is 0 Å². The van der Waals surface area contributed by atoms with E-state index in [9.17, 15) is 14.0 Å². The molecule has 2 atom stereocenters. The molecule has 7 heteroatoms. The van der Waals surface area contributed by atoms with Crippen LogP contribution in [0.1, 0.15) is 25.7 Å². The van der Waals surface area contributed by atoms with E-state index in [1.54, 1.807) is 6.07 Å². The Morgan fingerprint density at radius 1 is 1.16 bits per heavy atom. The van der Waals surface area contributed by atoms with Crippen molar-refractivity contribution in [2.45, 2.75) is 31.7 Å². The molecule has 1 aromatic carbocycles. The number of hydrogen-bond donors (Lipinski definition) is 2. The lowest BCUT2D eigenvalue weighted by Gasteiger charge is -2.36. The summed E-state index contributed by atoms with van der Waals surface area (Å²) in [4.78, 5) is 27.5. The number of benzene rings is 1. The van der Waals surface area contributed by atoms with Gasteiger partial charge in [0.25, 0.3) is 0 Å². The summed E-state index contributed by atoms with van der Waals surface area (Å²) >= 11 is 0. The second-order valence-corrected chi connectivity index (χ2v) is 6.90. The molecule has 136 valence electrons. The van der Waals surface area contributed by atoms with Gasteiger partial charge in [0.15, 0.2) is 0 Å². The number of carbonyl (C=O) groups is 2. The fourth-order valence-electron chi connectivity index (χ4n) is 3.71. The second-order valence-electron chi connectivity index (χ2n) is 6.90. The molecule has 0 bridgehead atoms. The molecule has 2 aliphatic heterocycles. The summed E-state index contributed by atoms with van der Waals surface area (Å²) in [5.41, 5.74) is 6.17. The fourth-order valence-corrected chi connectivity index (χ4v) is 3.71. The molecule has 0 saturated carbocycles. The Morgan fingerprint density at radius 3 is 2.72 bits per heavy atom. The molecule has 0 unspecified atom stereocenters. The lowest BCUT2D eigenvalue weighted by molar-refractivity contribution is -0.127. The third kappa shape index (κ3) is 4.41. The Hall–Kier alpha value is -2.31. The van der Waals surface area contributed by atoms with Crippen LogP contribution < -0.4 is 16.0 Å². The van der Waals surface area contributed by atoms with Gasteiger partial charge in [0, 0.05) is 37.9 Å². The van der Waals surface area contributed by atoms with Crippen LogP contribution in [0.15, 0.2) is 24.3 Å². The number of rotatable bonds is 3. The zero-order valence-corrected chi connectivity index (χ0v) is 14.3. The molecule has 0 spiro atoms. The van der Waals surface area contributed by atoms with Crippen molar-refractivity contribution in [3.8, 4) is 0 Å². The van der Waals surface area contributed by atoms with E-state index in [4.69, 9.17) is 5.73 Å². The quantitative estimate of drug-likeness (QED) is 0.873. The van der Waals surface area contributed by atoms with Crippen LogP contribution in [-0.4, -0.2) is 49.1 Å². The average Bonchev–Trinajstić information content (AvgIpc) is 2.62. The maximum absolute atomic E-state index is 13.4. The number of nitrogens with zero attached hydrogens (tertiary/aromatic N) is 2. The van der Waals surface area contributed by atoms with Crippen LogP contribution in [0.4, 0.5) is 14.9 Å². The van der Waals surface area contributed by atoms with E-state index < -0.39 is 6.03 Å². The standard InChI is InChI=1S/C18H25FN4O2/c19-14-5-1-7-16(10-14)22-8-3-6-15(12-22)21-17(24)13-4-2-9-23(11-13)18(20)25/h1,5,7,10,13,15H,2-4,6,8-9,11-12H2,(H2,20,25)(H,21,24)/t13-,15+/m1/s1. The molecule has 3 rings (SSSR count). The number of halogens is 1. The lowest BCUT2D eigenvalue weighted by Crippen LogP contribution is -2.52. The van der Waals surface area contributed by atoms with Crippen LogP contribution in [0, 0.1) is 11.7 Å². The number of piperidine rings is 2. The second kappa shape index (κ2) is 7.72. The third-order valence-corrected chi connectivity index (χ3v) is 5.04. The number of carbonyl (C=O) groups excluding carboxylic acids is 2. The predicted molar refractivity (Wildman–Crippen MR) is 93.7 cm³/mol.